The maximum Gasteiger partial charge on any atom is 0.229 e. The maximum atomic E-state index is 5.84. The van der Waals surface area contributed by atoms with E-state index < -0.39 is 0 Å². The summed E-state index contributed by atoms with van der Waals surface area (Å²) >= 11 is 0. The molecule has 3 rings (SSSR count). The number of ether oxygens (including phenoxy) is 2. The van der Waals surface area contributed by atoms with E-state index in [2.05, 4.69) is 15.3 Å². The molecule has 0 saturated heterocycles. The highest BCUT2D eigenvalue weighted by Crippen LogP contribution is 2.20. The van der Waals surface area contributed by atoms with E-state index in [0.717, 1.165) is 11.1 Å². The molecular formula is C21H23N3O2. The number of nitrogens with one attached hydrogen (secondary N) is 1. The first-order valence-corrected chi connectivity index (χ1v) is 8.68. The van der Waals surface area contributed by atoms with Gasteiger partial charge in [-0.2, -0.15) is 9.97 Å². The molecule has 1 N–H and O–H groups in total. The van der Waals surface area contributed by atoms with Gasteiger partial charge in [-0.3, -0.25) is 0 Å². The zero-order valence-corrected chi connectivity index (χ0v) is 15.1. The van der Waals surface area contributed by atoms with Crippen LogP contribution in [0.25, 0.3) is 0 Å². The number of nitrogens with zero attached hydrogens (tertiary/aromatic N) is 2. The summed E-state index contributed by atoms with van der Waals surface area (Å²) in [5.41, 5.74) is 2.16. The number of aromatic nitrogens is 2. The topological polar surface area (TPSA) is 56.3 Å². The third-order valence-corrected chi connectivity index (χ3v) is 3.56. The highest BCUT2D eigenvalue weighted by atomic mass is 16.5. The first kappa shape index (κ1) is 17.7. The van der Waals surface area contributed by atoms with Gasteiger partial charge >= 0.3 is 0 Å². The molecule has 0 saturated carbocycles. The summed E-state index contributed by atoms with van der Waals surface area (Å²) in [6, 6.07) is 21.9. The van der Waals surface area contributed by atoms with E-state index in [-0.39, 0.29) is 6.04 Å². The van der Waals surface area contributed by atoms with Crippen LogP contribution in [-0.2, 0) is 13.2 Å². The zero-order chi connectivity index (χ0) is 18.2. The van der Waals surface area contributed by atoms with Crippen LogP contribution in [0.5, 0.6) is 11.8 Å². The SMILES string of the molecule is CC(C)Nc1nc(OCc2ccccc2)cc(OCc2ccccc2)n1. The molecule has 0 aliphatic rings. The van der Waals surface area contributed by atoms with Crippen molar-refractivity contribution in [1.82, 2.24) is 9.97 Å². The van der Waals surface area contributed by atoms with Crippen molar-refractivity contribution in [2.75, 3.05) is 5.32 Å². The molecule has 1 heterocycles. The van der Waals surface area contributed by atoms with E-state index in [1.165, 1.54) is 0 Å². The van der Waals surface area contributed by atoms with Gasteiger partial charge in [0.1, 0.15) is 13.2 Å². The summed E-state index contributed by atoms with van der Waals surface area (Å²) in [6.07, 6.45) is 0. The van der Waals surface area contributed by atoms with Crippen LogP contribution in [0.2, 0.25) is 0 Å². The predicted molar refractivity (Wildman–Crippen MR) is 102 cm³/mol. The Labute approximate surface area is 154 Å². The van der Waals surface area contributed by atoms with Crippen molar-refractivity contribution in [3.8, 4) is 11.8 Å². The van der Waals surface area contributed by atoms with Crippen molar-refractivity contribution in [1.29, 1.82) is 0 Å². The molecule has 5 nitrogen and oxygen atoms in total. The lowest BCUT2D eigenvalue weighted by molar-refractivity contribution is 0.274. The van der Waals surface area contributed by atoms with E-state index >= 15 is 0 Å². The third-order valence-electron chi connectivity index (χ3n) is 3.56. The maximum absolute atomic E-state index is 5.84. The second-order valence-electron chi connectivity index (χ2n) is 6.22. The molecule has 0 radical (unpaired) electrons. The highest BCUT2D eigenvalue weighted by Gasteiger charge is 2.09. The van der Waals surface area contributed by atoms with E-state index in [9.17, 15) is 0 Å². The molecule has 0 fully saturated rings. The number of benzene rings is 2. The lowest BCUT2D eigenvalue weighted by Gasteiger charge is -2.13. The fraction of sp³-hybridized carbons (Fsp3) is 0.238. The van der Waals surface area contributed by atoms with Crippen LogP contribution in [0, 0.1) is 0 Å². The minimum atomic E-state index is 0.210. The summed E-state index contributed by atoms with van der Waals surface area (Å²) in [5.74, 6) is 1.46. The van der Waals surface area contributed by atoms with Crippen molar-refractivity contribution >= 4 is 5.95 Å². The first-order valence-electron chi connectivity index (χ1n) is 8.68. The largest absolute Gasteiger partial charge is 0.473 e. The van der Waals surface area contributed by atoms with E-state index in [0.29, 0.717) is 30.9 Å². The molecule has 134 valence electrons. The van der Waals surface area contributed by atoms with Crippen LogP contribution >= 0.6 is 0 Å². The standard InChI is InChI=1S/C21H23N3O2/c1-16(2)22-21-23-19(25-14-17-9-5-3-6-10-17)13-20(24-21)26-15-18-11-7-4-8-12-18/h3-13,16H,14-15H2,1-2H3,(H,22,23,24). The average molecular weight is 349 g/mol. The second-order valence-corrected chi connectivity index (χ2v) is 6.22. The fourth-order valence-corrected chi connectivity index (χ4v) is 2.34. The fourth-order valence-electron chi connectivity index (χ4n) is 2.34. The number of hydrogen-bond donors (Lipinski definition) is 1. The van der Waals surface area contributed by atoms with Gasteiger partial charge in [-0.15, -0.1) is 0 Å². The third kappa shape index (κ3) is 5.48. The molecule has 0 bridgehead atoms. The van der Waals surface area contributed by atoms with Gasteiger partial charge < -0.3 is 14.8 Å². The van der Waals surface area contributed by atoms with Gasteiger partial charge in [-0.25, -0.2) is 0 Å². The minimum absolute atomic E-state index is 0.210. The van der Waals surface area contributed by atoms with Gasteiger partial charge in [0.05, 0.1) is 6.07 Å². The molecule has 1 aromatic heterocycles. The number of rotatable bonds is 8. The van der Waals surface area contributed by atoms with E-state index in [1.54, 1.807) is 6.07 Å². The molecule has 0 aliphatic carbocycles. The van der Waals surface area contributed by atoms with Gasteiger partial charge in [0.15, 0.2) is 0 Å². The Morgan fingerprint density at radius 2 is 1.23 bits per heavy atom. The Hall–Kier alpha value is -3.08. The van der Waals surface area contributed by atoms with Crippen molar-refractivity contribution in [2.45, 2.75) is 33.1 Å². The second kappa shape index (κ2) is 8.85. The van der Waals surface area contributed by atoms with Crippen LogP contribution in [0.4, 0.5) is 5.95 Å². The minimum Gasteiger partial charge on any atom is -0.473 e. The van der Waals surface area contributed by atoms with Crippen molar-refractivity contribution in [3.63, 3.8) is 0 Å². The van der Waals surface area contributed by atoms with Crippen LogP contribution in [0.1, 0.15) is 25.0 Å². The molecule has 3 aromatic rings. The number of anilines is 1. The monoisotopic (exact) mass is 349 g/mol. The van der Waals surface area contributed by atoms with Crippen molar-refractivity contribution in [2.24, 2.45) is 0 Å². The summed E-state index contributed by atoms with van der Waals surface area (Å²) in [7, 11) is 0. The molecule has 5 heteroatoms. The molecule has 2 aromatic carbocycles. The van der Waals surface area contributed by atoms with Crippen LogP contribution in [-0.4, -0.2) is 16.0 Å². The van der Waals surface area contributed by atoms with Crippen LogP contribution in [0.15, 0.2) is 66.7 Å². The molecule has 0 spiro atoms. The Bertz CT molecular complexity index is 746. The predicted octanol–water partition coefficient (Wildman–Crippen LogP) is 4.45. The van der Waals surface area contributed by atoms with Crippen molar-refractivity contribution in [3.05, 3.63) is 77.9 Å². The van der Waals surface area contributed by atoms with E-state index in [1.807, 2.05) is 74.5 Å². The Morgan fingerprint density at radius 3 is 1.65 bits per heavy atom. The quantitative estimate of drug-likeness (QED) is 0.651. The van der Waals surface area contributed by atoms with Gasteiger partial charge in [0.25, 0.3) is 0 Å². The normalized spacial score (nSPS) is 10.6. The summed E-state index contributed by atoms with van der Waals surface area (Å²) in [6.45, 7) is 4.95. The van der Waals surface area contributed by atoms with Gasteiger partial charge in [-0.05, 0) is 25.0 Å². The zero-order valence-electron chi connectivity index (χ0n) is 15.1. The molecule has 0 unspecified atom stereocenters. The van der Waals surface area contributed by atoms with Crippen LogP contribution < -0.4 is 14.8 Å². The van der Waals surface area contributed by atoms with Gasteiger partial charge in [0, 0.05) is 6.04 Å². The molecular weight excluding hydrogens is 326 g/mol. The first-order chi connectivity index (χ1) is 12.7. The lowest BCUT2D eigenvalue weighted by atomic mass is 10.2. The molecule has 26 heavy (non-hydrogen) atoms. The molecule has 0 atom stereocenters. The Morgan fingerprint density at radius 1 is 0.769 bits per heavy atom. The Balaban J connectivity index is 1.72. The molecule has 0 amide bonds. The van der Waals surface area contributed by atoms with Gasteiger partial charge in [-0.1, -0.05) is 60.7 Å². The average Bonchev–Trinajstić information content (AvgIpc) is 2.66. The molecule has 0 aliphatic heterocycles. The Kier molecular flexibility index (Phi) is 6.04. The van der Waals surface area contributed by atoms with E-state index in [4.69, 9.17) is 9.47 Å². The van der Waals surface area contributed by atoms with Crippen molar-refractivity contribution < 1.29 is 9.47 Å². The lowest BCUT2D eigenvalue weighted by Crippen LogP contribution is -2.13. The summed E-state index contributed by atoms with van der Waals surface area (Å²) in [5, 5.41) is 3.20. The summed E-state index contributed by atoms with van der Waals surface area (Å²) < 4.78 is 11.7. The smallest absolute Gasteiger partial charge is 0.229 e. The number of hydrogen-bond acceptors (Lipinski definition) is 5. The summed E-state index contributed by atoms with van der Waals surface area (Å²) in [4.78, 5) is 8.84. The van der Waals surface area contributed by atoms with Crippen LogP contribution in [0.3, 0.4) is 0 Å². The highest BCUT2D eigenvalue weighted by molar-refractivity contribution is 5.34. The van der Waals surface area contributed by atoms with Gasteiger partial charge in [0.2, 0.25) is 17.7 Å².